The van der Waals surface area contributed by atoms with Crippen LogP contribution in [0.2, 0.25) is 0 Å². The van der Waals surface area contributed by atoms with E-state index in [1.165, 1.54) is 18.0 Å². The van der Waals surface area contributed by atoms with E-state index in [4.69, 9.17) is 14.6 Å². The van der Waals surface area contributed by atoms with Crippen LogP contribution in [0.15, 0.2) is 36.8 Å². The molecule has 2 N–H and O–H groups in total. The van der Waals surface area contributed by atoms with Crippen LogP contribution >= 0.6 is 0 Å². The Labute approximate surface area is 159 Å². The highest BCUT2D eigenvalue weighted by Crippen LogP contribution is 2.29. The molecule has 0 saturated heterocycles. The second-order valence-corrected chi connectivity index (χ2v) is 5.85. The Morgan fingerprint density at radius 1 is 1.32 bits per heavy atom. The summed E-state index contributed by atoms with van der Waals surface area (Å²) in [7, 11) is 3.31. The quantitative estimate of drug-likeness (QED) is 0.297. The molecule has 0 amide bonds. The minimum absolute atomic E-state index is 0.274. The maximum absolute atomic E-state index is 12.3. The van der Waals surface area contributed by atoms with Crippen molar-refractivity contribution in [2.24, 2.45) is 0 Å². The third-order valence-electron chi connectivity index (χ3n) is 4.25. The molecule has 0 spiro atoms. The normalized spacial score (nSPS) is 11.2. The van der Waals surface area contributed by atoms with Crippen LogP contribution in [0.5, 0.6) is 0 Å². The molecule has 10 nitrogen and oxygen atoms in total. The molecule has 0 saturated carbocycles. The van der Waals surface area contributed by atoms with Crippen molar-refractivity contribution in [2.75, 3.05) is 20.8 Å². The van der Waals surface area contributed by atoms with Gasteiger partial charge in [0.1, 0.15) is 5.56 Å². The maximum Gasteiger partial charge on any atom is 0.343 e. The molecule has 0 atom stereocenters. The van der Waals surface area contributed by atoms with Gasteiger partial charge in [-0.15, -0.1) is 4.73 Å². The first-order valence-electron chi connectivity index (χ1n) is 8.70. The predicted octanol–water partition coefficient (Wildman–Crippen LogP) is 0.737. The highest BCUT2D eigenvalue weighted by molar-refractivity contribution is 5.97. The van der Waals surface area contributed by atoms with E-state index in [2.05, 4.69) is 15.1 Å². The standard InChI is InChI=1S/C18H18N6O4/c1-4-27-18(25)12-9-21-24-15(19-2)8-14(22-17(12)24)13-10-23(28-26-3)16-11(13)6-5-7-20-16/h5-10,19H,4H2,1-3H3/p+1. The first-order chi connectivity index (χ1) is 13.7. The lowest BCUT2D eigenvalue weighted by atomic mass is 10.1. The SMILES string of the molecule is CCOC(=O)c1cnn2c([NH2+]C)cc(-c3cn(OOC)c4ncccc34)nc12. The van der Waals surface area contributed by atoms with Crippen molar-refractivity contribution < 1.29 is 24.7 Å². The van der Waals surface area contributed by atoms with Gasteiger partial charge in [0.05, 0.1) is 38.9 Å². The first kappa shape index (κ1) is 17.9. The molecule has 0 aliphatic carbocycles. The van der Waals surface area contributed by atoms with Gasteiger partial charge in [-0.2, -0.15) is 14.5 Å². The van der Waals surface area contributed by atoms with Crippen molar-refractivity contribution in [2.45, 2.75) is 6.92 Å². The fourth-order valence-electron chi connectivity index (χ4n) is 3.05. The van der Waals surface area contributed by atoms with E-state index >= 15 is 0 Å². The topological polar surface area (TPSA) is 109 Å². The monoisotopic (exact) mass is 383 g/mol. The number of carbonyl (C=O) groups is 1. The molecule has 0 aliphatic rings. The van der Waals surface area contributed by atoms with Gasteiger partial charge in [-0.25, -0.2) is 19.8 Å². The number of ether oxygens (including phenoxy) is 1. The molecule has 4 aromatic rings. The van der Waals surface area contributed by atoms with Crippen LogP contribution in [0.4, 0.5) is 5.82 Å². The molecule has 4 aromatic heterocycles. The fourth-order valence-corrected chi connectivity index (χ4v) is 3.05. The molecule has 0 radical (unpaired) electrons. The Morgan fingerprint density at radius 2 is 2.18 bits per heavy atom. The van der Waals surface area contributed by atoms with Crippen LogP contribution in [-0.2, 0) is 9.62 Å². The lowest BCUT2D eigenvalue weighted by molar-refractivity contribution is -0.544. The number of hydrogen-bond acceptors (Lipinski definition) is 7. The summed E-state index contributed by atoms with van der Waals surface area (Å²) >= 11 is 0. The van der Waals surface area contributed by atoms with E-state index < -0.39 is 5.97 Å². The van der Waals surface area contributed by atoms with Crippen LogP contribution in [-0.4, -0.2) is 51.0 Å². The Hall–Kier alpha value is -3.50. The average molecular weight is 383 g/mol. The first-order valence-corrected chi connectivity index (χ1v) is 8.70. The number of aromatic nitrogens is 5. The summed E-state index contributed by atoms with van der Waals surface area (Å²) in [5.74, 6) is 0.323. The van der Waals surface area contributed by atoms with Gasteiger partial charge in [-0.05, 0) is 19.1 Å². The summed E-state index contributed by atoms with van der Waals surface area (Å²) in [6.07, 6.45) is 4.87. The third kappa shape index (κ3) is 2.84. The van der Waals surface area contributed by atoms with Gasteiger partial charge in [-0.1, -0.05) is 0 Å². The third-order valence-corrected chi connectivity index (χ3v) is 4.25. The van der Waals surface area contributed by atoms with Crippen molar-refractivity contribution in [3.8, 4) is 11.3 Å². The van der Waals surface area contributed by atoms with Crippen molar-refractivity contribution in [3.63, 3.8) is 0 Å². The number of rotatable bonds is 6. The van der Waals surface area contributed by atoms with Crippen molar-refractivity contribution >= 4 is 28.5 Å². The van der Waals surface area contributed by atoms with Crippen LogP contribution in [0.25, 0.3) is 27.9 Å². The smallest absolute Gasteiger partial charge is 0.343 e. The molecular formula is C18H19N6O4+. The van der Waals surface area contributed by atoms with Gasteiger partial charge >= 0.3 is 5.97 Å². The highest BCUT2D eigenvalue weighted by atomic mass is 17.3. The van der Waals surface area contributed by atoms with Gasteiger partial charge in [0.15, 0.2) is 11.3 Å². The minimum atomic E-state index is -0.462. The lowest BCUT2D eigenvalue weighted by Crippen LogP contribution is -2.73. The summed E-state index contributed by atoms with van der Waals surface area (Å²) in [4.78, 5) is 31.3. The average Bonchev–Trinajstić information content (AvgIpc) is 3.30. The molecule has 28 heavy (non-hydrogen) atoms. The zero-order valence-electron chi connectivity index (χ0n) is 15.6. The summed E-state index contributed by atoms with van der Waals surface area (Å²) in [6.45, 7) is 2.03. The largest absolute Gasteiger partial charge is 0.462 e. The van der Waals surface area contributed by atoms with Crippen LogP contribution < -0.4 is 10.3 Å². The van der Waals surface area contributed by atoms with Gasteiger partial charge in [0, 0.05) is 23.2 Å². The zero-order valence-corrected chi connectivity index (χ0v) is 15.6. The summed E-state index contributed by atoms with van der Waals surface area (Å²) in [6, 6.07) is 5.63. The van der Waals surface area contributed by atoms with Gasteiger partial charge in [-0.3, -0.25) is 5.32 Å². The molecule has 4 rings (SSSR count). The van der Waals surface area contributed by atoms with Crippen molar-refractivity contribution in [1.82, 2.24) is 24.3 Å². The van der Waals surface area contributed by atoms with E-state index in [9.17, 15) is 4.79 Å². The van der Waals surface area contributed by atoms with E-state index in [1.807, 2.05) is 30.6 Å². The van der Waals surface area contributed by atoms with E-state index in [0.29, 0.717) is 22.6 Å². The second kappa shape index (κ2) is 7.25. The Morgan fingerprint density at radius 3 is 2.93 bits per heavy atom. The molecular weight excluding hydrogens is 364 g/mol. The number of carbonyl (C=O) groups excluding carboxylic acids is 1. The Balaban J connectivity index is 1.95. The van der Waals surface area contributed by atoms with Crippen LogP contribution in [0.1, 0.15) is 17.3 Å². The molecule has 4 heterocycles. The number of fused-ring (bicyclic) bond motifs is 2. The van der Waals surface area contributed by atoms with Gasteiger partial charge in [0.25, 0.3) is 0 Å². The second-order valence-electron chi connectivity index (χ2n) is 5.85. The summed E-state index contributed by atoms with van der Waals surface area (Å²) < 4.78 is 8.16. The number of esters is 1. The lowest BCUT2D eigenvalue weighted by Gasteiger charge is -2.05. The molecule has 0 bridgehead atoms. The molecule has 0 aliphatic heterocycles. The minimum Gasteiger partial charge on any atom is -0.462 e. The Bertz CT molecular complexity index is 1170. The van der Waals surface area contributed by atoms with Crippen LogP contribution in [0, 0.1) is 0 Å². The summed E-state index contributed by atoms with van der Waals surface area (Å²) in [5.41, 5.74) is 2.73. The van der Waals surface area contributed by atoms with Gasteiger partial charge < -0.3 is 4.74 Å². The molecule has 144 valence electrons. The maximum atomic E-state index is 12.3. The van der Waals surface area contributed by atoms with Gasteiger partial charge in [0.2, 0.25) is 5.82 Å². The molecule has 0 aromatic carbocycles. The van der Waals surface area contributed by atoms with Crippen LogP contribution in [0.3, 0.4) is 0 Å². The zero-order chi connectivity index (χ0) is 19.7. The number of pyridine rings is 1. The number of quaternary nitrogens is 1. The fraction of sp³-hybridized carbons (Fsp3) is 0.222. The number of nitrogens with two attached hydrogens (primary N) is 1. The highest BCUT2D eigenvalue weighted by Gasteiger charge is 2.21. The van der Waals surface area contributed by atoms with Crippen molar-refractivity contribution in [3.05, 3.63) is 42.4 Å². The molecule has 0 unspecified atom stereocenters. The van der Waals surface area contributed by atoms with Crippen molar-refractivity contribution in [1.29, 1.82) is 0 Å². The van der Waals surface area contributed by atoms with E-state index in [1.54, 1.807) is 23.8 Å². The predicted molar refractivity (Wildman–Crippen MR) is 98.8 cm³/mol. The number of nitrogens with zero attached hydrogens (tertiary/aromatic N) is 5. The van der Waals surface area contributed by atoms with E-state index in [-0.39, 0.29) is 6.61 Å². The summed E-state index contributed by atoms with van der Waals surface area (Å²) in [5, 5.41) is 7.01. The number of hydrogen-bond donors (Lipinski definition) is 1. The Kier molecular flexibility index (Phi) is 4.63. The molecule has 0 fully saturated rings. The molecule has 10 heteroatoms. The van der Waals surface area contributed by atoms with E-state index in [0.717, 1.165) is 16.8 Å².